The Labute approximate surface area is 213 Å². The van der Waals surface area contributed by atoms with Crippen LogP contribution in [0.2, 0.25) is 0 Å². The normalized spacial score (nSPS) is 14.5. The first-order valence-corrected chi connectivity index (χ1v) is 12.6. The molecule has 0 heterocycles. The molecule has 188 valence electrons. The number of benzene rings is 3. The van der Waals surface area contributed by atoms with Gasteiger partial charge in [0, 0.05) is 12.5 Å². The summed E-state index contributed by atoms with van der Waals surface area (Å²) in [4.78, 5) is 27.5. The Balaban J connectivity index is 1.62. The fraction of sp³-hybridized carbons (Fsp3) is 0.355. The summed E-state index contributed by atoms with van der Waals surface area (Å²) < 4.78 is 5.87. The molecule has 5 nitrogen and oxygen atoms in total. The summed E-state index contributed by atoms with van der Waals surface area (Å²) >= 11 is 0. The van der Waals surface area contributed by atoms with Gasteiger partial charge in [-0.05, 0) is 52.1 Å². The number of ether oxygens (including phenoxy) is 1. The van der Waals surface area contributed by atoms with E-state index in [-0.39, 0.29) is 24.5 Å². The molecule has 5 heteroatoms. The summed E-state index contributed by atoms with van der Waals surface area (Å²) in [6.45, 7) is 10.2. The molecule has 1 unspecified atom stereocenters. The molecule has 4 rings (SSSR count). The fourth-order valence-electron chi connectivity index (χ4n) is 5.08. The van der Waals surface area contributed by atoms with Crippen molar-refractivity contribution in [1.29, 1.82) is 0 Å². The van der Waals surface area contributed by atoms with Crippen LogP contribution in [0.5, 0.6) is 0 Å². The maximum atomic E-state index is 13.5. The van der Waals surface area contributed by atoms with Crippen LogP contribution >= 0.6 is 0 Å². The molecule has 1 aliphatic rings. The molecular formula is C31H35NO4. The number of hydrogen-bond acceptors (Lipinski definition) is 3. The van der Waals surface area contributed by atoms with Crippen molar-refractivity contribution in [3.8, 4) is 11.1 Å². The van der Waals surface area contributed by atoms with Gasteiger partial charge in [0.2, 0.25) is 0 Å². The van der Waals surface area contributed by atoms with Gasteiger partial charge in [0.05, 0.1) is 0 Å². The predicted octanol–water partition coefficient (Wildman–Crippen LogP) is 6.95. The van der Waals surface area contributed by atoms with Gasteiger partial charge >= 0.3 is 12.1 Å². The van der Waals surface area contributed by atoms with E-state index < -0.39 is 17.6 Å². The molecule has 1 atom stereocenters. The Morgan fingerprint density at radius 3 is 1.81 bits per heavy atom. The second kappa shape index (κ2) is 9.81. The molecule has 0 bridgehead atoms. The Kier molecular flexibility index (Phi) is 6.94. The first-order chi connectivity index (χ1) is 17.1. The standard InChI is InChI=1S/C31H35NO4/c1-6-19-32(31(5,28(33)34)22-17-15-21(16-18-22)30(2,3)4)29(35)36-20-27-25-13-9-7-11-23(25)24-12-8-10-14-26(24)27/h7-18,27H,6,19-20H2,1-5H3,(H,33,34). The number of nitrogens with zero attached hydrogens (tertiary/aromatic N) is 1. The van der Waals surface area contributed by atoms with Gasteiger partial charge in [0.25, 0.3) is 0 Å². The Bertz CT molecular complexity index is 1210. The van der Waals surface area contributed by atoms with Crippen molar-refractivity contribution in [1.82, 2.24) is 4.90 Å². The maximum absolute atomic E-state index is 13.5. The van der Waals surface area contributed by atoms with E-state index in [4.69, 9.17) is 4.74 Å². The zero-order valence-electron chi connectivity index (χ0n) is 21.7. The summed E-state index contributed by atoms with van der Waals surface area (Å²) in [6, 6.07) is 23.8. The van der Waals surface area contributed by atoms with E-state index in [1.165, 1.54) is 4.90 Å². The van der Waals surface area contributed by atoms with Crippen LogP contribution < -0.4 is 0 Å². The number of carbonyl (C=O) groups excluding carboxylic acids is 1. The minimum Gasteiger partial charge on any atom is -0.479 e. The molecule has 1 N–H and O–H groups in total. The van der Waals surface area contributed by atoms with E-state index >= 15 is 0 Å². The number of hydrogen-bond donors (Lipinski definition) is 1. The van der Waals surface area contributed by atoms with Gasteiger partial charge in [0.15, 0.2) is 5.54 Å². The lowest BCUT2D eigenvalue weighted by Crippen LogP contribution is -2.53. The van der Waals surface area contributed by atoms with Crippen LogP contribution in [0.3, 0.4) is 0 Å². The number of rotatable bonds is 7. The van der Waals surface area contributed by atoms with Gasteiger partial charge in [-0.25, -0.2) is 9.59 Å². The molecule has 3 aromatic carbocycles. The maximum Gasteiger partial charge on any atom is 0.411 e. The van der Waals surface area contributed by atoms with Gasteiger partial charge in [-0.1, -0.05) is 100 Å². The SMILES string of the molecule is CCCN(C(=O)OCC1c2ccccc2-c2ccccc21)C(C)(C(=O)O)c1ccc(C(C)(C)C)cc1. The molecule has 0 radical (unpaired) electrons. The molecule has 36 heavy (non-hydrogen) atoms. The van der Waals surface area contributed by atoms with Crippen molar-refractivity contribution in [3.63, 3.8) is 0 Å². The van der Waals surface area contributed by atoms with Crippen molar-refractivity contribution in [2.45, 2.75) is 57.9 Å². The number of aliphatic carboxylic acids is 1. The fourth-order valence-corrected chi connectivity index (χ4v) is 5.08. The lowest BCUT2D eigenvalue weighted by atomic mass is 9.83. The van der Waals surface area contributed by atoms with Gasteiger partial charge in [-0.3, -0.25) is 4.90 Å². The summed E-state index contributed by atoms with van der Waals surface area (Å²) in [5, 5.41) is 10.4. The van der Waals surface area contributed by atoms with Gasteiger partial charge in [-0.2, -0.15) is 0 Å². The number of carbonyl (C=O) groups is 2. The van der Waals surface area contributed by atoms with Gasteiger partial charge in [-0.15, -0.1) is 0 Å². The zero-order valence-corrected chi connectivity index (χ0v) is 21.7. The third-order valence-electron chi connectivity index (χ3n) is 7.27. The van der Waals surface area contributed by atoms with Gasteiger partial charge < -0.3 is 9.84 Å². The minimum atomic E-state index is -1.56. The highest BCUT2D eigenvalue weighted by Crippen LogP contribution is 2.44. The van der Waals surface area contributed by atoms with Crippen LogP contribution in [-0.4, -0.2) is 35.2 Å². The monoisotopic (exact) mass is 485 g/mol. The van der Waals surface area contributed by atoms with Gasteiger partial charge in [0.1, 0.15) is 6.61 Å². The van der Waals surface area contributed by atoms with E-state index in [1.807, 2.05) is 55.5 Å². The highest BCUT2D eigenvalue weighted by molar-refractivity contribution is 5.86. The van der Waals surface area contributed by atoms with Crippen LogP contribution in [0.25, 0.3) is 11.1 Å². The second-order valence-corrected chi connectivity index (χ2v) is 10.7. The van der Waals surface area contributed by atoms with Crippen molar-refractivity contribution < 1.29 is 19.4 Å². The Morgan fingerprint density at radius 1 is 0.833 bits per heavy atom. The van der Waals surface area contributed by atoms with Crippen LogP contribution in [-0.2, 0) is 20.5 Å². The summed E-state index contributed by atoms with van der Waals surface area (Å²) in [7, 11) is 0. The van der Waals surface area contributed by atoms with E-state index in [2.05, 4.69) is 45.0 Å². The molecule has 1 aliphatic carbocycles. The highest BCUT2D eigenvalue weighted by atomic mass is 16.6. The minimum absolute atomic E-state index is 0.0615. The lowest BCUT2D eigenvalue weighted by molar-refractivity contribution is -0.150. The second-order valence-electron chi connectivity index (χ2n) is 10.7. The largest absolute Gasteiger partial charge is 0.479 e. The van der Waals surface area contributed by atoms with E-state index in [1.54, 1.807) is 6.92 Å². The molecule has 0 saturated heterocycles. The van der Waals surface area contributed by atoms with Crippen molar-refractivity contribution in [3.05, 3.63) is 95.1 Å². The third kappa shape index (κ3) is 4.50. The topological polar surface area (TPSA) is 66.8 Å². The molecule has 0 saturated carbocycles. The third-order valence-corrected chi connectivity index (χ3v) is 7.27. The summed E-state index contributed by atoms with van der Waals surface area (Å²) in [5.41, 5.74) is 4.55. The van der Waals surface area contributed by atoms with Crippen molar-refractivity contribution >= 4 is 12.1 Å². The van der Waals surface area contributed by atoms with E-state index in [9.17, 15) is 14.7 Å². The van der Waals surface area contributed by atoms with E-state index in [0.29, 0.717) is 12.0 Å². The Morgan fingerprint density at radius 2 is 1.33 bits per heavy atom. The van der Waals surface area contributed by atoms with Crippen molar-refractivity contribution in [2.24, 2.45) is 0 Å². The number of carboxylic acids is 1. The first kappa shape index (κ1) is 25.5. The lowest BCUT2D eigenvalue weighted by Gasteiger charge is -2.38. The summed E-state index contributed by atoms with van der Waals surface area (Å²) in [6.07, 6.45) is -0.0174. The quantitative estimate of drug-likeness (QED) is 0.393. The number of fused-ring (bicyclic) bond motifs is 3. The van der Waals surface area contributed by atoms with Crippen LogP contribution in [0.15, 0.2) is 72.8 Å². The Hall–Kier alpha value is -3.60. The van der Waals surface area contributed by atoms with Crippen LogP contribution in [0.4, 0.5) is 4.79 Å². The summed E-state index contributed by atoms with van der Waals surface area (Å²) in [5.74, 6) is -1.18. The van der Waals surface area contributed by atoms with Crippen LogP contribution in [0.1, 0.15) is 69.2 Å². The van der Waals surface area contributed by atoms with Crippen molar-refractivity contribution in [2.75, 3.05) is 13.2 Å². The highest BCUT2D eigenvalue weighted by Gasteiger charge is 2.45. The number of amides is 1. The molecule has 1 amide bonds. The molecule has 0 aliphatic heterocycles. The average molecular weight is 486 g/mol. The molecular weight excluding hydrogens is 450 g/mol. The van der Waals surface area contributed by atoms with Crippen LogP contribution in [0, 0.1) is 0 Å². The van der Waals surface area contributed by atoms with E-state index in [0.717, 1.165) is 27.8 Å². The average Bonchev–Trinajstić information content (AvgIpc) is 3.18. The smallest absolute Gasteiger partial charge is 0.411 e. The number of carboxylic acid groups (broad SMARTS) is 1. The molecule has 3 aromatic rings. The molecule has 0 spiro atoms. The predicted molar refractivity (Wildman–Crippen MR) is 142 cm³/mol. The molecule has 0 fully saturated rings. The first-order valence-electron chi connectivity index (χ1n) is 12.6. The molecule has 0 aromatic heterocycles. The zero-order chi connectivity index (χ0) is 26.1.